The Morgan fingerprint density at radius 2 is 2.42 bits per heavy atom. The van der Waals surface area contributed by atoms with Crippen LogP contribution in [0.2, 0.25) is 0 Å². The molecule has 3 nitrogen and oxygen atoms in total. The van der Waals surface area contributed by atoms with Crippen molar-refractivity contribution in [2.45, 2.75) is 45.2 Å². The molecule has 3 N–H and O–H groups in total. The second kappa shape index (κ2) is 3.90. The standard InChI is InChI=1S/C9H19N3/c1-7-4-3-5-12(7)8(2)6-9(10)11/h7-8H,3-6H2,1-2H3,(H3,10,11). The van der Waals surface area contributed by atoms with Gasteiger partial charge in [-0.1, -0.05) is 0 Å². The molecule has 2 atom stereocenters. The summed E-state index contributed by atoms with van der Waals surface area (Å²) < 4.78 is 0. The molecule has 0 bridgehead atoms. The van der Waals surface area contributed by atoms with Crippen LogP contribution >= 0.6 is 0 Å². The highest BCUT2D eigenvalue weighted by Gasteiger charge is 2.24. The van der Waals surface area contributed by atoms with E-state index in [1.54, 1.807) is 0 Å². The molecule has 1 aliphatic rings. The van der Waals surface area contributed by atoms with Crippen molar-refractivity contribution < 1.29 is 0 Å². The second-order valence-electron chi connectivity index (χ2n) is 3.81. The van der Waals surface area contributed by atoms with E-state index in [-0.39, 0.29) is 0 Å². The second-order valence-corrected chi connectivity index (χ2v) is 3.81. The Morgan fingerprint density at radius 1 is 1.75 bits per heavy atom. The van der Waals surface area contributed by atoms with Gasteiger partial charge in [0.1, 0.15) is 0 Å². The molecule has 0 saturated carbocycles. The van der Waals surface area contributed by atoms with Crippen molar-refractivity contribution in [1.82, 2.24) is 4.90 Å². The fraction of sp³-hybridized carbons (Fsp3) is 0.889. The van der Waals surface area contributed by atoms with Crippen LogP contribution in [0.1, 0.15) is 33.1 Å². The highest BCUT2D eigenvalue weighted by molar-refractivity contribution is 5.77. The summed E-state index contributed by atoms with van der Waals surface area (Å²) in [4.78, 5) is 2.45. The van der Waals surface area contributed by atoms with E-state index in [4.69, 9.17) is 11.1 Å². The van der Waals surface area contributed by atoms with Crippen molar-refractivity contribution in [3.05, 3.63) is 0 Å². The zero-order valence-electron chi connectivity index (χ0n) is 8.01. The molecule has 1 aliphatic heterocycles. The van der Waals surface area contributed by atoms with Crippen LogP contribution in [0.5, 0.6) is 0 Å². The third kappa shape index (κ3) is 2.21. The minimum atomic E-state index is 0.307. The minimum absolute atomic E-state index is 0.307. The molecule has 0 spiro atoms. The molecule has 1 saturated heterocycles. The van der Waals surface area contributed by atoms with E-state index in [2.05, 4.69) is 18.7 Å². The largest absolute Gasteiger partial charge is 0.388 e. The lowest BCUT2D eigenvalue weighted by Crippen LogP contribution is -2.38. The number of nitrogens with one attached hydrogen (secondary N) is 1. The maximum Gasteiger partial charge on any atom is 0.0920 e. The van der Waals surface area contributed by atoms with E-state index in [1.807, 2.05) is 0 Å². The van der Waals surface area contributed by atoms with Crippen molar-refractivity contribution in [3.63, 3.8) is 0 Å². The number of rotatable bonds is 3. The number of nitrogens with two attached hydrogens (primary N) is 1. The zero-order valence-corrected chi connectivity index (χ0v) is 8.01. The van der Waals surface area contributed by atoms with Crippen LogP contribution in [-0.2, 0) is 0 Å². The molecule has 0 aromatic heterocycles. The van der Waals surface area contributed by atoms with E-state index < -0.39 is 0 Å². The smallest absolute Gasteiger partial charge is 0.0920 e. The van der Waals surface area contributed by atoms with Gasteiger partial charge in [0.05, 0.1) is 5.84 Å². The van der Waals surface area contributed by atoms with Gasteiger partial charge in [0.15, 0.2) is 0 Å². The third-order valence-corrected chi connectivity index (χ3v) is 2.69. The summed E-state index contributed by atoms with van der Waals surface area (Å²) in [6.45, 7) is 5.59. The lowest BCUT2D eigenvalue weighted by molar-refractivity contribution is 0.207. The van der Waals surface area contributed by atoms with Crippen molar-refractivity contribution in [2.24, 2.45) is 5.73 Å². The van der Waals surface area contributed by atoms with E-state index in [9.17, 15) is 0 Å². The average molecular weight is 169 g/mol. The molecular formula is C9H19N3. The minimum Gasteiger partial charge on any atom is -0.388 e. The van der Waals surface area contributed by atoms with Crippen molar-refractivity contribution in [1.29, 1.82) is 5.41 Å². The SMILES string of the molecule is CC1CCCN1C(C)CC(=N)N. The maximum absolute atomic E-state index is 7.21. The quantitative estimate of drug-likeness (QED) is 0.492. The molecule has 0 amide bonds. The number of amidine groups is 1. The third-order valence-electron chi connectivity index (χ3n) is 2.69. The summed E-state index contributed by atoms with van der Waals surface area (Å²) >= 11 is 0. The first-order valence-electron chi connectivity index (χ1n) is 4.70. The number of hydrogen-bond donors (Lipinski definition) is 2. The highest BCUT2D eigenvalue weighted by Crippen LogP contribution is 2.20. The summed E-state index contributed by atoms with van der Waals surface area (Å²) in [6.07, 6.45) is 3.30. The van der Waals surface area contributed by atoms with Gasteiger partial charge in [-0.15, -0.1) is 0 Å². The molecule has 1 fully saturated rings. The van der Waals surface area contributed by atoms with Crippen molar-refractivity contribution in [3.8, 4) is 0 Å². The summed E-state index contributed by atoms with van der Waals surface area (Å²) in [5.41, 5.74) is 5.36. The molecular weight excluding hydrogens is 150 g/mol. The number of hydrogen-bond acceptors (Lipinski definition) is 2. The Kier molecular flexibility index (Phi) is 3.09. The fourth-order valence-corrected chi connectivity index (χ4v) is 2.05. The Labute approximate surface area is 74.4 Å². The molecule has 0 aromatic carbocycles. The van der Waals surface area contributed by atoms with Crippen LogP contribution in [0.15, 0.2) is 0 Å². The lowest BCUT2D eigenvalue weighted by Gasteiger charge is -2.27. The van der Waals surface area contributed by atoms with E-state index in [1.165, 1.54) is 19.4 Å². The van der Waals surface area contributed by atoms with Crippen LogP contribution in [0.3, 0.4) is 0 Å². The van der Waals surface area contributed by atoms with Gasteiger partial charge >= 0.3 is 0 Å². The Morgan fingerprint density at radius 3 is 2.83 bits per heavy atom. The fourth-order valence-electron chi connectivity index (χ4n) is 2.05. The number of nitrogens with zero attached hydrogens (tertiary/aromatic N) is 1. The maximum atomic E-state index is 7.21. The average Bonchev–Trinajstić information content (AvgIpc) is 2.33. The van der Waals surface area contributed by atoms with E-state index >= 15 is 0 Å². The normalized spacial score (nSPS) is 27.3. The van der Waals surface area contributed by atoms with Gasteiger partial charge in [-0.25, -0.2) is 0 Å². The summed E-state index contributed by atoms with van der Waals surface area (Å²) in [5, 5.41) is 7.21. The van der Waals surface area contributed by atoms with Gasteiger partial charge in [-0.05, 0) is 33.2 Å². The predicted molar refractivity (Wildman–Crippen MR) is 51.4 cm³/mol. The van der Waals surface area contributed by atoms with Gasteiger partial charge in [0.2, 0.25) is 0 Å². The van der Waals surface area contributed by atoms with Gasteiger partial charge in [0, 0.05) is 18.5 Å². The van der Waals surface area contributed by atoms with E-state index in [0.717, 1.165) is 0 Å². The monoisotopic (exact) mass is 169 g/mol. The Bertz CT molecular complexity index is 167. The zero-order chi connectivity index (χ0) is 9.14. The molecule has 1 rings (SSSR count). The Balaban J connectivity index is 2.40. The van der Waals surface area contributed by atoms with E-state index in [0.29, 0.717) is 24.3 Å². The molecule has 0 aliphatic carbocycles. The van der Waals surface area contributed by atoms with Crippen LogP contribution in [0.4, 0.5) is 0 Å². The highest BCUT2D eigenvalue weighted by atomic mass is 15.2. The van der Waals surface area contributed by atoms with Gasteiger partial charge in [-0.3, -0.25) is 10.3 Å². The van der Waals surface area contributed by atoms with Gasteiger partial charge < -0.3 is 5.73 Å². The molecule has 3 heteroatoms. The summed E-state index contributed by atoms with van der Waals surface area (Å²) in [7, 11) is 0. The molecule has 2 unspecified atom stereocenters. The lowest BCUT2D eigenvalue weighted by atomic mass is 10.1. The van der Waals surface area contributed by atoms with Gasteiger partial charge in [-0.2, -0.15) is 0 Å². The molecule has 1 heterocycles. The first-order chi connectivity index (χ1) is 5.61. The number of likely N-dealkylation sites (tertiary alicyclic amines) is 1. The van der Waals surface area contributed by atoms with Crippen LogP contribution in [0, 0.1) is 5.41 Å². The van der Waals surface area contributed by atoms with Crippen LogP contribution in [-0.4, -0.2) is 29.4 Å². The first kappa shape index (κ1) is 9.52. The van der Waals surface area contributed by atoms with Gasteiger partial charge in [0.25, 0.3) is 0 Å². The predicted octanol–water partition coefficient (Wildman–Crippen LogP) is 1.19. The topological polar surface area (TPSA) is 53.1 Å². The molecule has 0 radical (unpaired) electrons. The molecule has 70 valence electrons. The van der Waals surface area contributed by atoms with Crippen molar-refractivity contribution >= 4 is 5.84 Å². The summed E-state index contributed by atoms with van der Waals surface area (Å²) in [6, 6.07) is 1.12. The molecule has 0 aromatic rings. The van der Waals surface area contributed by atoms with Crippen molar-refractivity contribution in [2.75, 3.05) is 6.54 Å². The molecule has 12 heavy (non-hydrogen) atoms. The first-order valence-corrected chi connectivity index (χ1v) is 4.70. The Hall–Kier alpha value is -0.570. The van der Waals surface area contributed by atoms with Crippen LogP contribution in [0.25, 0.3) is 0 Å². The van der Waals surface area contributed by atoms with Crippen LogP contribution < -0.4 is 5.73 Å². The summed E-state index contributed by atoms with van der Waals surface area (Å²) in [5.74, 6) is 0.307.